The van der Waals surface area contributed by atoms with Gasteiger partial charge in [0.1, 0.15) is 5.75 Å². The van der Waals surface area contributed by atoms with Gasteiger partial charge in [0.25, 0.3) is 0 Å². The standard InChI is InChI=1S/C11H12F3IO/c1-8(15)2-3-9-4-6-10(7-5-9)16-11(12,13)14/h4-8H,2-3H2,1H3. The van der Waals surface area contributed by atoms with Crippen LogP contribution in [0.1, 0.15) is 18.9 Å². The molecule has 1 rings (SSSR count). The second-order valence-corrected chi connectivity index (χ2v) is 5.64. The Labute approximate surface area is 106 Å². The van der Waals surface area contributed by atoms with Crippen molar-refractivity contribution in [2.24, 2.45) is 0 Å². The minimum absolute atomic E-state index is 0.168. The van der Waals surface area contributed by atoms with Crippen LogP contribution in [0.2, 0.25) is 0 Å². The number of rotatable bonds is 4. The van der Waals surface area contributed by atoms with Crippen LogP contribution in [0.15, 0.2) is 24.3 Å². The Bertz CT molecular complexity index is 319. The second kappa shape index (κ2) is 5.75. The van der Waals surface area contributed by atoms with E-state index in [1.54, 1.807) is 12.1 Å². The fraction of sp³-hybridized carbons (Fsp3) is 0.455. The summed E-state index contributed by atoms with van der Waals surface area (Å²) in [5.74, 6) is -0.168. The van der Waals surface area contributed by atoms with Gasteiger partial charge in [0.05, 0.1) is 0 Å². The van der Waals surface area contributed by atoms with E-state index in [9.17, 15) is 13.2 Å². The fourth-order valence-corrected chi connectivity index (χ4v) is 1.53. The van der Waals surface area contributed by atoms with Crippen LogP contribution in [-0.2, 0) is 6.42 Å². The lowest BCUT2D eigenvalue weighted by Crippen LogP contribution is -2.17. The van der Waals surface area contributed by atoms with E-state index in [4.69, 9.17) is 0 Å². The van der Waals surface area contributed by atoms with Crippen molar-refractivity contribution in [1.82, 2.24) is 0 Å². The van der Waals surface area contributed by atoms with Crippen LogP contribution in [0.25, 0.3) is 0 Å². The lowest BCUT2D eigenvalue weighted by atomic mass is 10.1. The van der Waals surface area contributed by atoms with Crippen molar-refractivity contribution in [2.75, 3.05) is 0 Å². The predicted octanol–water partition coefficient (Wildman–Crippen LogP) is 4.34. The van der Waals surface area contributed by atoms with Gasteiger partial charge in [0.2, 0.25) is 0 Å². The van der Waals surface area contributed by atoms with Crippen LogP contribution < -0.4 is 4.74 Å². The Morgan fingerprint density at radius 1 is 1.25 bits per heavy atom. The number of ether oxygens (including phenoxy) is 1. The van der Waals surface area contributed by atoms with Gasteiger partial charge in [-0.25, -0.2) is 0 Å². The third-order valence-electron chi connectivity index (χ3n) is 1.99. The quantitative estimate of drug-likeness (QED) is 0.583. The van der Waals surface area contributed by atoms with Gasteiger partial charge in [-0.3, -0.25) is 0 Å². The molecule has 1 aromatic carbocycles. The highest BCUT2D eigenvalue weighted by atomic mass is 127. The Balaban J connectivity index is 2.54. The molecule has 0 heterocycles. The van der Waals surface area contributed by atoms with E-state index in [2.05, 4.69) is 34.3 Å². The van der Waals surface area contributed by atoms with E-state index in [0.717, 1.165) is 18.4 Å². The van der Waals surface area contributed by atoms with E-state index in [1.165, 1.54) is 12.1 Å². The summed E-state index contributed by atoms with van der Waals surface area (Å²) in [6, 6.07) is 6.03. The Hall–Kier alpha value is -0.460. The summed E-state index contributed by atoms with van der Waals surface area (Å²) in [4.78, 5) is 0. The summed E-state index contributed by atoms with van der Waals surface area (Å²) < 4.78 is 40.0. The summed E-state index contributed by atoms with van der Waals surface area (Å²) in [7, 11) is 0. The molecule has 0 fully saturated rings. The van der Waals surface area contributed by atoms with E-state index >= 15 is 0 Å². The van der Waals surface area contributed by atoms with Crippen molar-refractivity contribution in [3.8, 4) is 5.75 Å². The third-order valence-corrected chi connectivity index (χ3v) is 2.61. The smallest absolute Gasteiger partial charge is 0.406 e. The first-order chi connectivity index (χ1) is 7.37. The molecular weight excluding hydrogens is 332 g/mol. The van der Waals surface area contributed by atoms with Crippen molar-refractivity contribution in [3.05, 3.63) is 29.8 Å². The minimum atomic E-state index is -4.61. The summed E-state index contributed by atoms with van der Waals surface area (Å²) in [6.07, 6.45) is -2.73. The maximum atomic E-state index is 11.9. The van der Waals surface area contributed by atoms with Crippen LogP contribution >= 0.6 is 22.6 Å². The molecule has 0 amide bonds. The van der Waals surface area contributed by atoms with Crippen LogP contribution in [0, 0.1) is 0 Å². The summed E-state index contributed by atoms with van der Waals surface area (Å²) in [5.41, 5.74) is 1.03. The van der Waals surface area contributed by atoms with Crippen molar-refractivity contribution >= 4 is 22.6 Å². The van der Waals surface area contributed by atoms with Gasteiger partial charge < -0.3 is 4.74 Å². The maximum absolute atomic E-state index is 11.9. The number of halogens is 4. The Morgan fingerprint density at radius 2 is 1.81 bits per heavy atom. The molecule has 0 spiro atoms. The van der Waals surface area contributed by atoms with Gasteiger partial charge in [-0.2, -0.15) is 0 Å². The van der Waals surface area contributed by atoms with Crippen molar-refractivity contribution in [1.29, 1.82) is 0 Å². The molecule has 0 aliphatic carbocycles. The lowest BCUT2D eigenvalue weighted by Gasteiger charge is -2.09. The zero-order chi connectivity index (χ0) is 12.2. The van der Waals surface area contributed by atoms with E-state index < -0.39 is 6.36 Å². The fourth-order valence-electron chi connectivity index (χ4n) is 1.22. The Morgan fingerprint density at radius 3 is 2.25 bits per heavy atom. The number of benzene rings is 1. The van der Waals surface area contributed by atoms with Crippen molar-refractivity contribution < 1.29 is 17.9 Å². The SMILES string of the molecule is CC(I)CCc1ccc(OC(F)(F)F)cc1. The molecule has 0 bridgehead atoms. The molecule has 0 aliphatic rings. The van der Waals surface area contributed by atoms with E-state index in [-0.39, 0.29) is 5.75 Å². The average Bonchev–Trinajstić information content (AvgIpc) is 2.14. The topological polar surface area (TPSA) is 9.23 Å². The molecule has 5 heteroatoms. The van der Waals surface area contributed by atoms with Gasteiger partial charge in [-0.05, 0) is 30.5 Å². The second-order valence-electron chi connectivity index (χ2n) is 3.51. The van der Waals surface area contributed by atoms with Gasteiger partial charge in [0.15, 0.2) is 0 Å². The van der Waals surface area contributed by atoms with Crippen LogP contribution in [0.4, 0.5) is 13.2 Å². The first-order valence-corrected chi connectivity index (χ1v) is 6.10. The van der Waals surface area contributed by atoms with E-state index in [0.29, 0.717) is 3.92 Å². The lowest BCUT2D eigenvalue weighted by molar-refractivity contribution is -0.274. The molecule has 90 valence electrons. The van der Waals surface area contributed by atoms with Crippen LogP contribution in [0.5, 0.6) is 5.75 Å². The maximum Gasteiger partial charge on any atom is 0.573 e. The molecule has 0 saturated heterocycles. The zero-order valence-corrected chi connectivity index (χ0v) is 10.9. The molecule has 1 aromatic rings. The molecule has 0 saturated carbocycles. The van der Waals surface area contributed by atoms with Crippen molar-refractivity contribution in [3.63, 3.8) is 0 Å². The zero-order valence-electron chi connectivity index (χ0n) is 8.72. The third kappa shape index (κ3) is 5.58. The first kappa shape index (κ1) is 13.6. The Kier molecular flexibility index (Phi) is 4.89. The average molecular weight is 344 g/mol. The molecule has 16 heavy (non-hydrogen) atoms. The summed E-state index contributed by atoms with van der Waals surface area (Å²) in [6.45, 7) is 2.10. The monoisotopic (exact) mass is 344 g/mol. The highest BCUT2D eigenvalue weighted by molar-refractivity contribution is 14.1. The van der Waals surface area contributed by atoms with Gasteiger partial charge in [-0.1, -0.05) is 41.6 Å². The number of alkyl halides is 4. The highest BCUT2D eigenvalue weighted by Crippen LogP contribution is 2.23. The van der Waals surface area contributed by atoms with Gasteiger partial charge in [-0.15, -0.1) is 13.2 Å². The molecule has 1 nitrogen and oxygen atoms in total. The summed E-state index contributed by atoms with van der Waals surface area (Å²) in [5, 5.41) is 0. The normalized spacial score (nSPS) is 13.6. The molecular formula is C11H12F3IO. The van der Waals surface area contributed by atoms with Gasteiger partial charge >= 0.3 is 6.36 Å². The van der Waals surface area contributed by atoms with Crippen molar-refractivity contribution in [2.45, 2.75) is 30.1 Å². The number of aryl methyl sites for hydroxylation is 1. The molecule has 1 atom stereocenters. The largest absolute Gasteiger partial charge is 0.573 e. The molecule has 0 N–H and O–H groups in total. The number of hydrogen-bond donors (Lipinski definition) is 0. The van der Waals surface area contributed by atoms with Crippen LogP contribution in [-0.4, -0.2) is 10.3 Å². The highest BCUT2D eigenvalue weighted by Gasteiger charge is 2.30. The molecule has 0 radical (unpaired) electrons. The molecule has 0 aromatic heterocycles. The minimum Gasteiger partial charge on any atom is -0.406 e. The molecule has 1 unspecified atom stereocenters. The van der Waals surface area contributed by atoms with E-state index in [1.807, 2.05) is 0 Å². The van der Waals surface area contributed by atoms with Gasteiger partial charge in [0, 0.05) is 3.92 Å². The molecule has 0 aliphatic heterocycles. The summed E-state index contributed by atoms with van der Waals surface area (Å²) >= 11 is 2.32. The predicted molar refractivity (Wildman–Crippen MR) is 64.9 cm³/mol. The first-order valence-electron chi connectivity index (χ1n) is 4.85. The number of hydrogen-bond acceptors (Lipinski definition) is 1. The van der Waals surface area contributed by atoms with Crippen LogP contribution in [0.3, 0.4) is 0 Å².